The Hall–Kier alpha value is -1.09. The molecule has 0 heterocycles. The summed E-state index contributed by atoms with van der Waals surface area (Å²) in [5, 5.41) is 3.43. The normalized spacial score (nSPS) is 11.6. The van der Waals surface area contributed by atoms with Crippen molar-refractivity contribution < 1.29 is 9.13 Å². The third kappa shape index (κ3) is 5.05. The second-order valence-electron chi connectivity index (χ2n) is 5.57. The number of benzene rings is 1. The first-order valence-electron chi connectivity index (χ1n) is 6.50. The zero-order valence-corrected chi connectivity index (χ0v) is 11.8. The maximum atomic E-state index is 13.8. The van der Waals surface area contributed by atoms with Crippen molar-refractivity contribution in [1.29, 1.82) is 0 Å². The molecule has 1 aromatic rings. The molecule has 18 heavy (non-hydrogen) atoms. The second kappa shape index (κ2) is 6.74. The number of hydrogen-bond acceptors (Lipinski definition) is 2. The molecule has 0 spiro atoms. The third-order valence-electron chi connectivity index (χ3n) is 2.79. The van der Waals surface area contributed by atoms with Gasteiger partial charge in [0, 0.05) is 5.54 Å². The summed E-state index contributed by atoms with van der Waals surface area (Å²) in [5.74, 6) is 0.115. The molecule has 1 aromatic carbocycles. The molecule has 0 bridgehead atoms. The molecule has 1 rings (SSSR count). The average molecular weight is 253 g/mol. The second-order valence-corrected chi connectivity index (χ2v) is 5.57. The average Bonchev–Trinajstić information content (AvgIpc) is 2.29. The summed E-state index contributed by atoms with van der Waals surface area (Å²) in [6, 6.07) is 5.32. The van der Waals surface area contributed by atoms with Crippen molar-refractivity contribution in [3.63, 3.8) is 0 Å². The van der Waals surface area contributed by atoms with E-state index in [4.69, 9.17) is 4.74 Å². The molecule has 0 saturated heterocycles. The SMILES string of the molecule is COc1cccc(CCCCNC(C)(C)C)c1F. The fourth-order valence-electron chi connectivity index (χ4n) is 1.81. The largest absolute Gasteiger partial charge is 0.494 e. The Kier molecular flexibility index (Phi) is 5.60. The van der Waals surface area contributed by atoms with Crippen LogP contribution in [0.4, 0.5) is 4.39 Å². The van der Waals surface area contributed by atoms with E-state index < -0.39 is 0 Å². The van der Waals surface area contributed by atoms with Gasteiger partial charge in [-0.3, -0.25) is 0 Å². The molecule has 0 atom stereocenters. The molecular weight excluding hydrogens is 229 g/mol. The van der Waals surface area contributed by atoms with Crippen molar-refractivity contribution in [2.75, 3.05) is 13.7 Å². The van der Waals surface area contributed by atoms with E-state index in [2.05, 4.69) is 26.1 Å². The minimum Gasteiger partial charge on any atom is -0.494 e. The summed E-state index contributed by atoms with van der Waals surface area (Å²) < 4.78 is 18.8. The van der Waals surface area contributed by atoms with Crippen LogP contribution in [0.5, 0.6) is 5.75 Å². The van der Waals surface area contributed by atoms with Gasteiger partial charge in [0.25, 0.3) is 0 Å². The van der Waals surface area contributed by atoms with Crippen molar-refractivity contribution in [3.05, 3.63) is 29.6 Å². The molecule has 0 aliphatic rings. The summed E-state index contributed by atoms with van der Waals surface area (Å²) in [7, 11) is 1.50. The van der Waals surface area contributed by atoms with Crippen LogP contribution in [0.1, 0.15) is 39.2 Å². The molecule has 0 saturated carbocycles. The lowest BCUT2D eigenvalue weighted by molar-refractivity contribution is 0.383. The number of aryl methyl sites for hydroxylation is 1. The Morgan fingerprint density at radius 2 is 1.94 bits per heavy atom. The van der Waals surface area contributed by atoms with Gasteiger partial charge in [0.2, 0.25) is 0 Å². The molecule has 0 aromatic heterocycles. The van der Waals surface area contributed by atoms with Crippen molar-refractivity contribution in [2.24, 2.45) is 0 Å². The lowest BCUT2D eigenvalue weighted by Gasteiger charge is -2.20. The van der Waals surface area contributed by atoms with Gasteiger partial charge >= 0.3 is 0 Å². The van der Waals surface area contributed by atoms with Crippen molar-refractivity contribution in [1.82, 2.24) is 5.32 Å². The highest BCUT2D eigenvalue weighted by atomic mass is 19.1. The summed E-state index contributed by atoms with van der Waals surface area (Å²) in [6.07, 6.45) is 2.79. The van der Waals surface area contributed by atoms with Gasteiger partial charge < -0.3 is 10.1 Å². The fraction of sp³-hybridized carbons (Fsp3) is 0.600. The molecule has 0 radical (unpaired) electrons. The molecule has 0 aliphatic heterocycles. The van der Waals surface area contributed by atoms with Crippen LogP contribution in [0, 0.1) is 5.82 Å². The predicted molar refractivity (Wildman–Crippen MR) is 73.6 cm³/mol. The van der Waals surface area contributed by atoms with E-state index in [0.717, 1.165) is 31.4 Å². The van der Waals surface area contributed by atoms with Gasteiger partial charge in [0.05, 0.1) is 7.11 Å². The summed E-state index contributed by atoms with van der Waals surface area (Å²) in [6.45, 7) is 7.41. The number of unbranched alkanes of at least 4 members (excludes halogenated alkanes) is 1. The molecule has 0 fully saturated rings. The summed E-state index contributed by atoms with van der Waals surface area (Å²) in [5.41, 5.74) is 0.895. The topological polar surface area (TPSA) is 21.3 Å². The Morgan fingerprint density at radius 3 is 2.56 bits per heavy atom. The van der Waals surface area contributed by atoms with Gasteiger partial charge in [-0.2, -0.15) is 0 Å². The first-order valence-corrected chi connectivity index (χ1v) is 6.50. The molecular formula is C15H24FNO. The highest BCUT2D eigenvalue weighted by Crippen LogP contribution is 2.21. The van der Waals surface area contributed by atoms with Gasteiger partial charge in [0.1, 0.15) is 0 Å². The van der Waals surface area contributed by atoms with Crippen LogP contribution in [-0.2, 0) is 6.42 Å². The monoisotopic (exact) mass is 253 g/mol. The lowest BCUT2D eigenvalue weighted by Crippen LogP contribution is -2.36. The van der Waals surface area contributed by atoms with Gasteiger partial charge in [0.15, 0.2) is 11.6 Å². The number of nitrogens with one attached hydrogen (secondary N) is 1. The third-order valence-corrected chi connectivity index (χ3v) is 2.79. The number of halogens is 1. The highest BCUT2D eigenvalue weighted by Gasteiger charge is 2.09. The van der Waals surface area contributed by atoms with Gasteiger partial charge in [-0.15, -0.1) is 0 Å². The maximum absolute atomic E-state index is 13.8. The molecule has 2 nitrogen and oxygen atoms in total. The van der Waals surface area contributed by atoms with Crippen molar-refractivity contribution in [2.45, 2.75) is 45.6 Å². The highest BCUT2D eigenvalue weighted by molar-refractivity contribution is 5.31. The van der Waals surface area contributed by atoms with Crippen LogP contribution in [0.15, 0.2) is 18.2 Å². The predicted octanol–water partition coefficient (Wildman–Crippen LogP) is 3.55. The minimum absolute atomic E-state index is 0.154. The number of ether oxygens (including phenoxy) is 1. The number of rotatable bonds is 6. The zero-order chi connectivity index (χ0) is 13.6. The number of methoxy groups -OCH3 is 1. The fourth-order valence-corrected chi connectivity index (χ4v) is 1.81. The minimum atomic E-state index is -0.219. The summed E-state index contributed by atoms with van der Waals surface area (Å²) in [4.78, 5) is 0. The van der Waals surface area contributed by atoms with Crippen molar-refractivity contribution in [3.8, 4) is 5.75 Å². The van der Waals surface area contributed by atoms with E-state index in [1.807, 2.05) is 12.1 Å². The van der Waals surface area contributed by atoms with Crippen LogP contribution in [0.25, 0.3) is 0 Å². The van der Waals surface area contributed by atoms with Crippen LogP contribution in [0.2, 0.25) is 0 Å². The molecule has 0 amide bonds. The molecule has 1 N–H and O–H groups in total. The van der Waals surface area contributed by atoms with Crippen LogP contribution < -0.4 is 10.1 Å². The summed E-state index contributed by atoms with van der Waals surface area (Å²) >= 11 is 0. The van der Waals surface area contributed by atoms with Gasteiger partial charge in [-0.1, -0.05) is 12.1 Å². The molecule has 3 heteroatoms. The van der Waals surface area contributed by atoms with E-state index in [9.17, 15) is 4.39 Å². The molecule has 0 unspecified atom stereocenters. The van der Waals surface area contributed by atoms with Gasteiger partial charge in [-0.05, 0) is 58.2 Å². The lowest BCUT2D eigenvalue weighted by atomic mass is 10.1. The first-order chi connectivity index (χ1) is 8.44. The van der Waals surface area contributed by atoms with E-state index in [-0.39, 0.29) is 11.4 Å². The standard InChI is InChI=1S/C15H24FNO/c1-15(2,3)17-11-6-5-8-12-9-7-10-13(18-4)14(12)16/h7,9-10,17H,5-6,8,11H2,1-4H3. The number of hydrogen-bond donors (Lipinski definition) is 1. The first kappa shape index (κ1) is 15.0. The van der Waals surface area contributed by atoms with Crippen LogP contribution in [-0.4, -0.2) is 19.2 Å². The van der Waals surface area contributed by atoms with Gasteiger partial charge in [-0.25, -0.2) is 4.39 Å². The van der Waals surface area contributed by atoms with E-state index in [0.29, 0.717) is 5.75 Å². The van der Waals surface area contributed by atoms with Crippen LogP contribution in [0.3, 0.4) is 0 Å². The van der Waals surface area contributed by atoms with E-state index >= 15 is 0 Å². The maximum Gasteiger partial charge on any atom is 0.168 e. The quantitative estimate of drug-likeness (QED) is 0.783. The Bertz CT molecular complexity index is 371. The van der Waals surface area contributed by atoms with E-state index in [1.165, 1.54) is 7.11 Å². The Balaban J connectivity index is 2.36. The van der Waals surface area contributed by atoms with E-state index in [1.54, 1.807) is 6.07 Å². The smallest absolute Gasteiger partial charge is 0.168 e. The Labute approximate surface area is 110 Å². The zero-order valence-electron chi connectivity index (χ0n) is 11.8. The van der Waals surface area contributed by atoms with Crippen LogP contribution >= 0.6 is 0 Å². The molecule has 102 valence electrons. The Morgan fingerprint density at radius 1 is 1.22 bits per heavy atom. The molecule has 0 aliphatic carbocycles. The van der Waals surface area contributed by atoms with Crippen molar-refractivity contribution >= 4 is 0 Å².